The van der Waals surface area contributed by atoms with Gasteiger partial charge in [0, 0.05) is 12.6 Å². The van der Waals surface area contributed by atoms with Crippen molar-refractivity contribution in [2.24, 2.45) is 0 Å². The third-order valence-electron chi connectivity index (χ3n) is 3.89. The van der Waals surface area contributed by atoms with Crippen LogP contribution in [0.15, 0.2) is 0 Å². The second kappa shape index (κ2) is 3.80. The predicted molar refractivity (Wildman–Crippen MR) is 57.3 cm³/mol. The SMILES string of the molecule is CN(C)C1(CO)CCCN(C2CC2)C1. The summed E-state index contributed by atoms with van der Waals surface area (Å²) in [5.41, 5.74) is 0.0286. The maximum atomic E-state index is 9.56. The van der Waals surface area contributed by atoms with Gasteiger partial charge in [-0.2, -0.15) is 0 Å². The predicted octanol–water partition coefficient (Wildman–Crippen LogP) is 0.537. The summed E-state index contributed by atoms with van der Waals surface area (Å²) in [6, 6.07) is 0.834. The highest BCUT2D eigenvalue weighted by Crippen LogP contribution is 2.33. The van der Waals surface area contributed by atoms with Crippen LogP contribution in [-0.4, -0.2) is 60.3 Å². The van der Waals surface area contributed by atoms with Gasteiger partial charge in [-0.1, -0.05) is 0 Å². The van der Waals surface area contributed by atoms with Crippen molar-refractivity contribution in [2.45, 2.75) is 37.3 Å². The molecule has 14 heavy (non-hydrogen) atoms. The first-order valence-electron chi connectivity index (χ1n) is 5.70. The van der Waals surface area contributed by atoms with E-state index in [2.05, 4.69) is 23.9 Å². The fourth-order valence-electron chi connectivity index (χ4n) is 2.53. The lowest BCUT2D eigenvalue weighted by molar-refractivity contribution is -0.00284. The van der Waals surface area contributed by atoms with E-state index < -0.39 is 0 Å². The maximum Gasteiger partial charge on any atom is 0.0627 e. The van der Waals surface area contributed by atoms with Gasteiger partial charge in [0.05, 0.1) is 12.1 Å². The normalized spacial score (nSPS) is 35.1. The van der Waals surface area contributed by atoms with Crippen molar-refractivity contribution in [1.29, 1.82) is 0 Å². The third-order valence-corrected chi connectivity index (χ3v) is 3.89. The Bertz CT molecular complexity index is 203. The molecule has 2 aliphatic rings. The van der Waals surface area contributed by atoms with Crippen LogP contribution in [0, 0.1) is 0 Å². The van der Waals surface area contributed by atoms with E-state index in [1.807, 2.05) is 0 Å². The van der Waals surface area contributed by atoms with Gasteiger partial charge in [0.15, 0.2) is 0 Å². The lowest BCUT2D eigenvalue weighted by atomic mass is 9.88. The van der Waals surface area contributed by atoms with Gasteiger partial charge in [-0.05, 0) is 46.3 Å². The Hall–Kier alpha value is -0.120. The van der Waals surface area contributed by atoms with E-state index in [1.54, 1.807) is 0 Å². The Morgan fingerprint density at radius 3 is 2.64 bits per heavy atom. The minimum absolute atomic E-state index is 0.0286. The van der Waals surface area contributed by atoms with E-state index in [-0.39, 0.29) is 5.54 Å². The van der Waals surface area contributed by atoms with E-state index in [0.29, 0.717) is 6.61 Å². The number of rotatable bonds is 3. The Morgan fingerprint density at radius 1 is 1.43 bits per heavy atom. The van der Waals surface area contributed by atoms with Crippen LogP contribution >= 0.6 is 0 Å². The molecule has 1 saturated heterocycles. The van der Waals surface area contributed by atoms with Crippen molar-refractivity contribution in [3.63, 3.8) is 0 Å². The molecule has 0 aromatic rings. The molecule has 82 valence electrons. The standard InChI is InChI=1S/C11H22N2O/c1-12(2)11(9-14)6-3-7-13(8-11)10-4-5-10/h10,14H,3-9H2,1-2H3. The van der Waals surface area contributed by atoms with Crippen LogP contribution < -0.4 is 0 Å². The Morgan fingerprint density at radius 2 is 2.14 bits per heavy atom. The van der Waals surface area contributed by atoms with E-state index in [1.165, 1.54) is 25.8 Å². The monoisotopic (exact) mass is 198 g/mol. The van der Waals surface area contributed by atoms with Gasteiger partial charge >= 0.3 is 0 Å². The third kappa shape index (κ3) is 1.81. The highest BCUT2D eigenvalue weighted by atomic mass is 16.3. The molecule has 0 aromatic carbocycles. The number of hydrogen-bond acceptors (Lipinski definition) is 3. The molecule has 1 unspecified atom stereocenters. The van der Waals surface area contributed by atoms with Gasteiger partial charge in [-0.25, -0.2) is 0 Å². The van der Waals surface area contributed by atoms with E-state index in [9.17, 15) is 5.11 Å². The minimum Gasteiger partial charge on any atom is -0.394 e. The molecule has 0 amide bonds. The topological polar surface area (TPSA) is 26.7 Å². The highest BCUT2D eigenvalue weighted by molar-refractivity contribution is 4.98. The summed E-state index contributed by atoms with van der Waals surface area (Å²) in [6.45, 7) is 2.59. The van der Waals surface area contributed by atoms with Crippen molar-refractivity contribution in [3.05, 3.63) is 0 Å². The number of aliphatic hydroxyl groups is 1. The zero-order valence-corrected chi connectivity index (χ0v) is 9.37. The van der Waals surface area contributed by atoms with Gasteiger partial charge in [-0.15, -0.1) is 0 Å². The molecule has 1 aliphatic heterocycles. The fourth-order valence-corrected chi connectivity index (χ4v) is 2.53. The van der Waals surface area contributed by atoms with Gasteiger partial charge in [0.1, 0.15) is 0 Å². The number of nitrogens with zero attached hydrogens (tertiary/aromatic N) is 2. The van der Waals surface area contributed by atoms with Crippen molar-refractivity contribution in [2.75, 3.05) is 33.8 Å². The number of hydrogen-bond donors (Lipinski definition) is 1. The van der Waals surface area contributed by atoms with Gasteiger partial charge in [0.2, 0.25) is 0 Å². The van der Waals surface area contributed by atoms with E-state index >= 15 is 0 Å². The van der Waals surface area contributed by atoms with Crippen LogP contribution in [0.4, 0.5) is 0 Å². The van der Waals surface area contributed by atoms with Crippen LogP contribution in [0.1, 0.15) is 25.7 Å². The van der Waals surface area contributed by atoms with Crippen molar-refractivity contribution in [1.82, 2.24) is 9.80 Å². The minimum atomic E-state index is 0.0286. The molecule has 1 atom stereocenters. The highest BCUT2D eigenvalue weighted by Gasteiger charge is 2.41. The van der Waals surface area contributed by atoms with Crippen molar-refractivity contribution >= 4 is 0 Å². The zero-order valence-electron chi connectivity index (χ0n) is 9.37. The van der Waals surface area contributed by atoms with Crippen LogP contribution in [-0.2, 0) is 0 Å². The molecule has 1 heterocycles. The van der Waals surface area contributed by atoms with Crippen LogP contribution in [0.2, 0.25) is 0 Å². The second-order valence-corrected chi connectivity index (χ2v) is 5.08. The molecule has 3 heteroatoms. The lowest BCUT2D eigenvalue weighted by Crippen LogP contribution is -2.58. The van der Waals surface area contributed by atoms with Gasteiger partial charge in [-0.3, -0.25) is 4.90 Å². The number of likely N-dealkylation sites (tertiary alicyclic amines) is 1. The molecule has 2 rings (SSSR count). The van der Waals surface area contributed by atoms with Gasteiger partial charge < -0.3 is 10.0 Å². The molecule has 0 radical (unpaired) electrons. The van der Waals surface area contributed by atoms with Crippen molar-refractivity contribution < 1.29 is 5.11 Å². The molecule has 1 aliphatic carbocycles. The Balaban J connectivity index is 2.02. The van der Waals surface area contributed by atoms with E-state index in [0.717, 1.165) is 19.0 Å². The molecule has 3 nitrogen and oxygen atoms in total. The summed E-state index contributed by atoms with van der Waals surface area (Å²) in [6.07, 6.45) is 5.11. The number of aliphatic hydroxyl groups excluding tert-OH is 1. The number of piperidine rings is 1. The Kier molecular flexibility index (Phi) is 2.82. The van der Waals surface area contributed by atoms with Crippen LogP contribution in [0.25, 0.3) is 0 Å². The fraction of sp³-hybridized carbons (Fsp3) is 1.00. The molecule has 1 saturated carbocycles. The summed E-state index contributed by atoms with van der Waals surface area (Å²) in [7, 11) is 4.18. The summed E-state index contributed by atoms with van der Waals surface area (Å²) >= 11 is 0. The van der Waals surface area contributed by atoms with Crippen LogP contribution in [0.5, 0.6) is 0 Å². The maximum absolute atomic E-state index is 9.56. The average Bonchev–Trinajstić information content (AvgIpc) is 3.01. The lowest BCUT2D eigenvalue weighted by Gasteiger charge is -2.46. The number of likely N-dealkylation sites (N-methyl/N-ethyl adjacent to an activating group) is 1. The molecule has 0 bridgehead atoms. The Labute approximate surface area is 86.7 Å². The summed E-state index contributed by atoms with van der Waals surface area (Å²) in [5.74, 6) is 0. The first-order valence-corrected chi connectivity index (χ1v) is 5.70. The first kappa shape index (κ1) is 10.4. The van der Waals surface area contributed by atoms with Crippen LogP contribution in [0.3, 0.4) is 0 Å². The molecular formula is C11H22N2O. The summed E-state index contributed by atoms with van der Waals surface area (Å²) in [4.78, 5) is 4.78. The smallest absolute Gasteiger partial charge is 0.0627 e. The summed E-state index contributed by atoms with van der Waals surface area (Å²) < 4.78 is 0. The quantitative estimate of drug-likeness (QED) is 0.717. The molecule has 0 aromatic heterocycles. The second-order valence-electron chi connectivity index (χ2n) is 5.08. The molecule has 1 N–H and O–H groups in total. The van der Waals surface area contributed by atoms with Gasteiger partial charge in [0.25, 0.3) is 0 Å². The molecule has 2 fully saturated rings. The van der Waals surface area contributed by atoms with E-state index in [4.69, 9.17) is 0 Å². The summed E-state index contributed by atoms with van der Waals surface area (Å²) in [5, 5.41) is 9.56. The average molecular weight is 198 g/mol. The zero-order chi connectivity index (χ0) is 10.2. The largest absolute Gasteiger partial charge is 0.394 e. The first-order chi connectivity index (χ1) is 6.68. The van der Waals surface area contributed by atoms with Crippen molar-refractivity contribution in [3.8, 4) is 0 Å². The molecule has 0 spiro atoms. The molecular weight excluding hydrogens is 176 g/mol.